The predicted molar refractivity (Wildman–Crippen MR) is 72.4 cm³/mol. The molecule has 96 valence electrons. The standard InChI is InChI=1S/C14H19N3O/c1-17-6-4-9(5-7-17)13-11-8-10(15)2-3-12(11)16-14(13)18/h2-3,8-9,13H,4-7,15H2,1H3,(H,16,18). The van der Waals surface area contributed by atoms with Gasteiger partial charge in [-0.1, -0.05) is 0 Å². The number of anilines is 2. The van der Waals surface area contributed by atoms with Crippen LogP contribution < -0.4 is 11.1 Å². The van der Waals surface area contributed by atoms with E-state index < -0.39 is 0 Å². The highest BCUT2D eigenvalue weighted by atomic mass is 16.2. The largest absolute Gasteiger partial charge is 0.399 e. The molecule has 0 spiro atoms. The van der Waals surface area contributed by atoms with E-state index in [2.05, 4.69) is 17.3 Å². The minimum absolute atomic E-state index is 0.00259. The molecule has 2 aliphatic rings. The molecule has 0 saturated carbocycles. The third-order valence-corrected chi connectivity index (χ3v) is 4.19. The van der Waals surface area contributed by atoms with Crippen LogP contribution in [0.3, 0.4) is 0 Å². The van der Waals surface area contributed by atoms with E-state index in [4.69, 9.17) is 5.73 Å². The minimum atomic E-state index is -0.00259. The van der Waals surface area contributed by atoms with Crippen molar-refractivity contribution in [1.29, 1.82) is 0 Å². The van der Waals surface area contributed by atoms with Gasteiger partial charge in [-0.05, 0) is 62.7 Å². The van der Waals surface area contributed by atoms with E-state index in [0.717, 1.165) is 42.9 Å². The monoisotopic (exact) mass is 245 g/mol. The van der Waals surface area contributed by atoms with Crippen molar-refractivity contribution in [3.63, 3.8) is 0 Å². The number of nitrogen functional groups attached to an aromatic ring is 1. The number of nitrogens with two attached hydrogens (primary N) is 1. The maximum Gasteiger partial charge on any atom is 0.232 e. The second-order valence-electron chi connectivity index (χ2n) is 5.45. The maximum atomic E-state index is 12.2. The number of carbonyl (C=O) groups excluding carboxylic acids is 1. The Hall–Kier alpha value is -1.55. The number of hydrogen-bond donors (Lipinski definition) is 2. The van der Waals surface area contributed by atoms with Gasteiger partial charge in [-0.3, -0.25) is 4.79 Å². The van der Waals surface area contributed by atoms with Gasteiger partial charge in [0, 0.05) is 11.4 Å². The molecule has 2 aliphatic heterocycles. The first kappa shape index (κ1) is 11.5. The average Bonchev–Trinajstić information content (AvgIpc) is 2.66. The van der Waals surface area contributed by atoms with Crippen molar-refractivity contribution in [2.24, 2.45) is 5.92 Å². The Morgan fingerprint density at radius 2 is 2.06 bits per heavy atom. The summed E-state index contributed by atoms with van der Waals surface area (Å²) in [6, 6.07) is 5.71. The third-order valence-electron chi connectivity index (χ3n) is 4.19. The maximum absolute atomic E-state index is 12.2. The number of hydrogen-bond acceptors (Lipinski definition) is 3. The summed E-state index contributed by atoms with van der Waals surface area (Å²) >= 11 is 0. The normalized spacial score (nSPS) is 24.9. The molecule has 3 rings (SSSR count). The van der Waals surface area contributed by atoms with Crippen LogP contribution in [0.2, 0.25) is 0 Å². The van der Waals surface area contributed by atoms with E-state index >= 15 is 0 Å². The Morgan fingerprint density at radius 3 is 2.78 bits per heavy atom. The molecule has 0 radical (unpaired) electrons. The molecule has 1 unspecified atom stereocenters. The molecule has 1 atom stereocenters. The van der Waals surface area contributed by atoms with Crippen LogP contribution in [0, 0.1) is 5.92 Å². The molecule has 4 heteroatoms. The number of amides is 1. The molecular weight excluding hydrogens is 226 g/mol. The van der Waals surface area contributed by atoms with Crippen LogP contribution in [0.4, 0.5) is 11.4 Å². The molecule has 4 nitrogen and oxygen atoms in total. The molecule has 18 heavy (non-hydrogen) atoms. The summed E-state index contributed by atoms with van der Waals surface area (Å²) in [6.07, 6.45) is 2.17. The zero-order valence-corrected chi connectivity index (χ0v) is 10.6. The van der Waals surface area contributed by atoms with Gasteiger partial charge in [0.1, 0.15) is 0 Å². The van der Waals surface area contributed by atoms with Crippen molar-refractivity contribution in [3.8, 4) is 0 Å². The number of likely N-dealkylation sites (tertiary alicyclic amines) is 1. The van der Waals surface area contributed by atoms with Crippen LogP contribution in [0.25, 0.3) is 0 Å². The topological polar surface area (TPSA) is 58.4 Å². The summed E-state index contributed by atoms with van der Waals surface area (Å²) in [5, 5.41) is 2.98. The first-order chi connectivity index (χ1) is 8.65. The fourth-order valence-corrected chi connectivity index (χ4v) is 3.13. The number of carbonyl (C=O) groups is 1. The van der Waals surface area contributed by atoms with Crippen molar-refractivity contribution >= 4 is 17.3 Å². The van der Waals surface area contributed by atoms with E-state index in [1.54, 1.807) is 0 Å². The predicted octanol–water partition coefficient (Wildman–Crippen LogP) is 1.65. The molecule has 0 aromatic heterocycles. The molecular formula is C14H19N3O. The van der Waals surface area contributed by atoms with Crippen LogP contribution in [0.5, 0.6) is 0 Å². The lowest BCUT2D eigenvalue weighted by atomic mass is 9.81. The second kappa shape index (κ2) is 4.28. The lowest BCUT2D eigenvalue weighted by Gasteiger charge is -2.31. The van der Waals surface area contributed by atoms with Crippen LogP contribution in [-0.4, -0.2) is 30.9 Å². The fraction of sp³-hybridized carbons (Fsp3) is 0.500. The van der Waals surface area contributed by atoms with Gasteiger partial charge in [-0.2, -0.15) is 0 Å². The average molecular weight is 245 g/mol. The molecule has 0 aliphatic carbocycles. The quantitative estimate of drug-likeness (QED) is 0.740. The first-order valence-corrected chi connectivity index (χ1v) is 6.54. The van der Waals surface area contributed by atoms with E-state index in [0.29, 0.717) is 5.92 Å². The van der Waals surface area contributed by atoms with Gasteiger partial charge in [0.25, 0.3) is 0 Å². The molecule has 0 bridgehead atoms. The Labute approximate surface area is 107 Å². The van der Waals surface area contributed by atoms with Gasteiger partial charge in [0.05, 0.1) is 5.92 Å². The van der Waals surface area contributed by atoms with Crippen molar-refractivity contribution < 1.29 is 4.79 Å². The molecule has 1 amide bonds. The highest BCUT2D eigenvalue weighted by Gasteiger charge is 2.37. The number of nitrogens with one attached hydrogen (secondary N) is 1. The lowest BCUT2D eigenvalue weighted by Crippen LogP contribution is -2.34. The summed E-state index contributed by atoms with van der Waals surface area (Å²) in [4.78, 5) is 14.5. The van der Waals surface area contributed by atoms with Crippen molar-refractivity contribution in [2.75, 3.05) is 31.2 Å². The van der Waals surface area contributed by atoms with E-state index in [1.165, 1.54) is 0 Å². The smallest absolute Gasteiger partial charge is 0.232 e. The van der Waals surface area contributed by atoms with Crippen LogP contribution in [0.15, 0.2) is 18.2 Å². The van der Waals surface area contributed by atoms with E-state index in [9.17, 15) is 4.79 Å². The van der Waals surface area contributed by atoms with Gasteiger partial charge in [0.2, 0.25) is 5.91 Å². The van der Waals surface area contributed by atoms with Crippen LogP contribution in [0.1, 0.15) is 24.3 Å². The Morgan fingerprint density at radius 1 is 1.33 bits per heavy atom. The zero-order chi connectivity index (χ0) is 12.7. The van der Waals surface area contributed by atoms with Crippen molar-refractivity contribution in [1.82, 2.24) is 4.90 Å². The van der Waals surface area contributed by atoms with Gasteiger partial charge in [-0.15, -0.1) is 0 Å². The number of rotatable bonds is 1. The highest BCUT2D eigenvalue weighted by molar-refractivity contribution is 6.03. The fourth-order valence-electron chi connectivity index (χ4n) is 3.13. The van der Waals surface area contributed by atoms with Crippen LogP contribution >= 0.6 is 0 Å². The highest BCUT2D eigenvalue weighted by Crippen LogP contribution is 2.41. The number of piperidine rings is 1. The summed E-state index contributed by atoms with van der Waals surface area (Å²) in [7, 11) is 2.14. The lowest BCUT2D eigenvalue weighted by molar-refractivity contribution is -0.118. The van der Waals surface area contributed by atoms with Crippen molar-refractivity contribution in [2.45, 2.75) is 18.8 Å². The second-order valence-corrected chi connectivity index (χ2v) is 5.45. The third kappa shape index (κ3) is 1.86. The number of fused-ring (bicyclic) bond motifs is 1. The molecule has 2 heterocycles. The van der Waals surface area contributed by atoms with Gasteiger partial charge < -0.3 is 16.0 Å². The van der Waals surface area contributed by atoms with Gasteiger partial charge in [-0.25, -0.2) is 0 Å². The van der Waals surface area contributed by atoms with Gasteiger partial charge in [0.15, 0.2) is 0 Å². The first-order valence-electron chi connectivity index (χ1n) is 6.54. The molecule has 1 saturated heterocycles. The summed E-state index contributed by atoms with van der Waals surface area (Å²) in [5.74, 6) is 0.589. The number of benzene rings is 1. The Bertz CT molecular complexity index is 478. The molecule has 3 N–H and O–H groups in total. The van der Waals surface area contributed by atoms with E-state index in [1.807, 2.05) is 18.2 Å². The van der Waals surface area contributed by atoms with E-state index in [-0.39, 0.29) is 11.8 Å². The Balaban J connectivity index is 1.89. The van der Waals surface area contributed by atoms with Crippen LogP contribution in [-0.2, 0) is 4.79 Å². The molecule has 1 fully saturated rings. The summed E-state index contributed by atoms with van der Waals surface area (Å²) in [6.45, 7) is 2.15. The summed E-state index contributed by atoms with van der Waals surface area (Å²) < 4.78 is 0. The SMILES string of the molecule is CN1CCC(C2C(=O)Nc3ccc(N)cc32)CC1. The summed E-state index contributed by atoms with van der Waals surface area (Å²) in [5.41, 5.74) is 8.62. The number of nitrogens with zero attached hydrogens (tertiary/aromatic N) is 1. The minimum Gasteiger partial charge on any atom is -0.399 e. The van der Waals surface area contributed by atoms with Gasteiger partial charge >= 0.3 is 0 Å². The zero-order valence-electron chi connectivity index (χ0n) is 10.6. The van der Waals surface area contributed by atoms with Crippen molar-refractivity contribution in [3.05, 3.63) is 23.8 Å². The molecule has 1 aromatic rings. The molecule has 1 aromatic carbocycles. The Kier molecular flexibility index (Phi) is 2.74.